The number of esters is 2. The van der Waals surface area contributed by atoms with Crippen LogP contribution in [-0.2, 0) is 19.7 Å². The predicted molar refractivity (Wildman–Crippen MR) is 96.2 cm³/mol. The van der Waals surface area contributed by atoms with E-state index in [1.165, 1.54) is 13.0 Å². The second kappa shape index (κ2) is 8.05. The Balaban J connectivity index is 3.10. The number of rotatable bonds is 5. The molecule has 13 heteroatoms. The molecule has 0 heterocycles. The van der Waals surface area contributed by atoms with Crippen molar-refractivity contribution in [3.05, 3.63) is 19.3 Å². The Morgan fingerprint density at radius 1 is 1.21 bits per heavy atom. The molecule has 0 spiro atoms. The summed E-state index contributed by atoms with van der Waals surface area (Å²) in [6, 6.07) is 2.30. The highest BCUT2D eigenvalue weighted by molar-refractivity contribution is 14.1. The second-order valence-corrected chi connectivity index (χ2v) is 9.23. The minimum absolute atomic E-state index is 0.0745. The van der Waals surface area contributed by atoms with Crippen molar-refractivity contribution in [1.82, 2.24) is 0 Å². The topological polar surface area (TPSA) is 110 Å². The van der Waals surface area contributed by atoms with Gasteiger partial charge in [-0.3, -0.25) is 4.79 Å². The third kappa shape index (κ3) is 5.18. The Hall–Kier alpha value is -0.130. The van der Waals surface area contributed by atoms with Gasteiger partial charge in [0.15, 0.2) is 10.1 Å². The molecule has 0 aliphatic rings. The molecular formula is C11H6BrF2I2O7S-. The van der Waals surface area contributed by atoms with Gasteiger partial charge in [0, 0.05) is 0 Å². The molecule has 0 bridgehead atoms. The summed E-state index contributed by atoms with van der Waals surface area (Å²) in [5.41, 5.74) is 0. The highest BCUT2D eigenvalue weighted by Crippen LogP contribution is 2.33. The number of carbonyl (C=O) groups is 2. The molecular weight excluding hydrogens is 648 g/mol. The van der Waals surface area contributed by atoms with Crippen LogP contribution in [0, 0.1) is 7.14 Å². The summed E-state index contributed by atoms with van der Waals surface area (Å²) in [5.74, 6) is -3.47. The summed E-state index contributed by atoms with van der Waals surface area (Å²) < 4.78 is 67.1. The fraction of sp³-hybridized carbons (Fsp3) is 0.273. The van der Waals surface area contributed by atoms with Crippen LogP contribution in [0.5, 0.6) is 11.5 Å². The van der Waals surface area contributed by atoms with Crippen LogP contribution in [0.4, 0.5) is 8.78 Å². The van der Waals surface area contributed by atoms with Crippen LogP contribution in [0.3, 0.4) is 0 Å². The Bertz CT molecular complexity index is 783. The van der Waals surface area contributed by atoms with Crippen molar-refractivity contribution in [1.29, 1.82) is 0 Å². The lowest BCUT2D eigenvalue weighted by Crippen LogP contribution is -2.40. The molecule has 0 aliphatic heterocycles. The van der Waals surface area contributed by atoms with E-state index >= 15 is 0 Å². The maximum atomic E-state index is 13.1. The van der Waals surface area contributed by atoms with Crippen molar-refractivity contribution < 1.29 is 40.8 Å². The molecule has 1 atom stereocenters. The van der Waals surface area contributed by atoms with Crippen LogP contribution in [0.2, 0.25) is 0 Å². The monoisotopic (exact) mass is 653 g/mol. The highest BCUT2D eigenvalue weighted by atomic mass is 127. The Morgan fingerprint density at radius 2 is 1.62 bits per heavy atom. The molecule has 0 saturated carbocycles. The normalized spacial score (nSPS) is 13.3. The number of hydrogen-bond acceptors (Lipinski definition) is 7. The fourth-order valence-corrected chi connectivity index (χ4v) is 2.55. The number of hydrogen-bond donors (Lipinski definition) is 0. The number of ether oxygens (including phenoxy) is 2. The van der Waals surface area contributed by atoms with Gasteiger partial charge < -0.3 is 14.0 Å². The average molecular weight is 654 g/mol. The van der Waals surface area contributed by atoms with Crippen molar-refractivity contribution >= 4 is 83.2 Å². The van der Waals surface area contributed by atoms with Gasteiger partial charge in [0.05, 0.1) is 7.14 Å². The van der Waals surface area contributed by atoms with Gasteiger partial charge in [-0.1, -0.05) is 15.9 Å². The lowest BCUT2D eigenvalue weighted by molar-refractivity contribution is -0.151. The van der Waals surface area contributed by atoms with E-state index in [-0.39, 0.29) is 12.9 Å². The molecule has 0 aromatic heterocycles. The lowest BCUT2D eigenvalue weighted by Gasteiger charge is -2.18. The molecule has 1 aromatic carbocycles. The maximum Gasteiger partial charge on any atom is 0.429 e. The number of alkyl halides is 3. The average Bonchev–Trinajstić information content (AvgIpc) is 2.42. The molecule has 0 amide bonds. The molecule has 1 rings (SSSR count). The van der Waals surface area contributed by atoms with E-state index in [4.69, 9.17) is 4.74 Å². The third-order valence-corrected chi connectivity index (χ3v) is 5.13. The van der Waals surface area contributed by atoms with Gasteiger partial charge in [0.25, 0.3) is 0 Å². The minimum Gasteiger partial charge on any atom is -0.743 e. The van der Waals surface area contributed by atoms with Crippen molar-refractivity contribution in [2.45, 2.75) is 17.0 Å². The smallest absolute Gasteiger partial charge is 0.429 e. The fourth-order valence-electron chi connectivity index (χ4n) is 1.12. The predicted octanol–water partition coefficient (Wildman–Crippen LogP) is 2.63. The molecule has 1 aromatic rings. The summed E-state index contributed by atoms with van der Waals surface area (Å²) in [4.78, 5) is 22.2. The van der Waals surface area contributed by atoms with Gasteiger partial charge in [-0.2, -0.15) is 8.78 Å². The zero-order valence-corrected chi connectivity index (χ0v) is 18.1. The second-order valence-electron chi connectivity index (χ2n) is 4.11. The summed E-state index contributed by atoms with van der Waals surface area (Å²) in [6.07, 6.45) is 0. The molecule has 134 valence electrons. The summed E-state index contributed by atoms with van der Waals surface area (Å²) in [7, 11) is -6.22. The van der Waals surface area contributed by atoms with Gasteiger partial charge in [-0.15, -0.1) is 0 Å². The molecule has 24 heavy (non-hydrogen) atoms. The summed E-state index contributed by atoms with van der Waals surface area (Å²) in [5, 5.41) is -5.22. The first-order valence-corrected chi connectivity index (χ1v) is 10.2. The number of carbonyl (C=O) groups excluding carboxylic acids is 2. The largest absolute Gasteiger partial charge is 0.743 e. The van der Waals surface area contributed by atoms with E-state index in [0.717, 1.165) is 6.07 Å². The highest BCUT2D eigenvalue weighted by Gasteiger charge is 2.49. The molecule has 0 saturated heterocycles. The quantitative estimate of drug-likeness (QED) is 0.158. The van der Waals surface area contributed by atoms with Gasteiger partial charge in [-0.25, -0.2) is 13.2 Å². The molecule has 1 unspecified atom stereocenters. The number of halogens is 5. The first-order valence-electron chi connectivity index (χ1n) is 5.67. The Morgan fingerprint density at radius 3 is 2.00 bits per heavy atom. The van der Waals surface area contributed by atoms with E-state index in [1.807, 2.05) is 0 Å². The Labute approximate surface area is 170 Å². The number of benzene rings is 1. The van der Waals surface area contributed by atoms with E-state index < -0.39 is 37.9 Å². The van der Waals surface area contributed by atoms with Gasteiger partial charge in [-0.05, 0) is 64.2 Å². The summed E-state index contributed by atoms with van der Waals surface area (Å²) >= 11 is 6.29. The molecule has 7 nitrogen and oxygen atoms in total. The van der Waals surface area contributed by atoms with Gasteiger partial charge in [0.2, 0.25) is 0 Å². The molecule has 0 aliphatic carbocycles. The van der Waals surface area contributed by atoms with Gasteiger partial charge in [0.1, 0.15) is 16.3 Å². The van der Waals surface area contributed by atoms with Crippen LogP contribution < -0.4 is 9.47 Å². The van der Waals surface area contributed by atoms with Crippen molar-refractivity contribution in [2.75, 3.05) is 0 Å². The standard InChI is InChI=1S/C11H7BrF2I2O7S/c1-4(12)9(17)22-7-2-6(16)8(3-5(7)15)23-10(18)11(13,14)24(19,20)21/h2-4H,1H3,(H,19,20,21)/p-1. The molecule has 0 N–H and O–H groups in total. The van der Waals surface area contributed by atoms with Crippen LogP contribution in [0.1, 0.15) is 6.92 Å². The van der Waals surface area contributed by atoms with Gasteiger partial charge >= 0.3 is 17.2 Å². The third-order valence-electron chi connectivity index (χ3n) is 2.28. The van der Waals surface area contributed by atoms with Crippen LogP contribution in [0.15, 0.2) is 12.1 Å². The zero-order chi connectivity index (χ0) is 18.9. The molecule has 0 fully saturated rings. The van der Waals surface area contributed by atoms with Crippen LogP contribution >= 0.6 is 61.1 Å². The van der Waals surface area contributed by atoms with Crippen molar-refractivity contribution in [3.63, 3.8) is 0 Å². The Kier molecular flexibility index (Phi) is 7.35. The van der Waals surface area contributed by atoms with E-state index in [1.54, 1.807) is 45.2 Å². The maximum absolute atomic E-state index is 13.1. The molecule has 0 radical (unpaired) electrons. The van der Waals surface area contributed by atoms with E-state index in [0.29, 0.717) is 0 Å². The van der Waals surface area contributed by atoms with Crippen LogP contribution in [-0.4, -0.2) is 35.0 Å². The van der Waals surface area contributed by atoms with Crippen LogP contribution in [0.25, 0.3) is 0 Å². The zero-order valence-electron chi connectivity index (χ0n) is 11.4. The summed E-state index contributed by atoms with van der Waals surface area (Å²) in [6.45, 7) is 1.53. The first kappa shape index (κ1) is 21.9. The SMILES string of the molecule is CC(Br)C(=O)Oc1cc(I)c(OC(=O)C(F)(F)S(=O)(=O)[O-])cc1I. The minimum atomic E-state index is -6.22. The first-order chi connectivity index (χ1) is 10.8. The van der Waals surface area contributed by atoms with Crippen molar-refractivity contribution in [3.8, 4) is 11.5 Å². The lowest BCUT2D eigenvalue weighted by atomic mass is 10.3. The van der Waals surface area contributed by atoms with E-state index in [9.17, 15) is 31.3 Å². The van der Waals surface area contributed by atoms with Crippen molar-refractivity contribution in [2.24, 2.45) is 0 Å². The van der Waals surface area contributed by atoms with E-state index in [2.05, 4.69) is 20.7 Å².